The normalized spacial score (nSPS) is 12.4. The Labute approximate surface area is 122 Å². The summed E-state index contributed by atoms with van der Waals surface area (Å²) in [6.45, 7) is 9.23. The number of hydrogen-bond donors (Lipinski definition) is 1. The van der Waals surface area contributed by atoms with Crippen LogP contribution < -0.4 is 10.2 Å². The molecular formula is C16H27FN2O. The zero-order chi connectivity index (χ0) is 15.0. The fraction of sp³-hybridized carbons (Fsp3) is 0.625. The Morgan fingerprint density at radius 2 is 2.10 bits per heavy atom. The number of nitrogens with zero attached hydrogens (tertiary/aromatic N) is 1. The van der Waals surface area contributed by atoms with Crippen LogP contribution in [0.25, 0.3) is 0 Å². The Kier molecular flexibility index (Phi) is 7.55. The van der Waals surface area contributed by atoms with Crippen LogP contribution in [0.3, 0.4) is 0 Å². The molecule has 1 unspecified atom stereocenters. The highest BCUT2D eigenvalue weighted by Crippen LogP contribution is 2.23. The van der Waals surface area contributed by atoms with E-state index >= 15 is 0 Å². The molecule has 0 aliphatic carbocycles. The number of methoxy groups -OCH3 is 1. The molecule has 1 rings (SSSR count). The number of ether oxygens (including phenoxy) is 1. The molecule has 0 radical (unpaired) electrons. The van der Waals surface area contributed by atoms with Gasteiger partial charge in [0.2, 0.25) is 0 Å². The van der Waals surface area contributed by atoms with Gasteiger partial charge in [0.15, 0.2) is 0 Å². The minimum Gasteiger partial charge on any atom is -0.383 e. The molecule has 0 aliphatic rings. The van der Waals surface area contributed by atoms with Gasteiger partial charge in [0.25, 0.3) is 0 Å². The van der Waals surface area contributed by atoms with Crippen molar-refractivity contribution in [3.8, 4) is 0 Å². The Balaban J connectivity index is 2.71. The van der Waals surface area contributed by atoms with Crippen LogP contribution in [-0.4, -0.2) is 32.8 Å². The molecule has 20 heavy (non-hydrogen) atoms. The lowest BCUT2D eigenvalue weighted by Crippen LogP contribution is -2.33. The summed E-state index contributed by atoms with van der Waals surface area (Å²) in [5, 5.41) is 3.22. The van der Waals surface area contributed by atoms with E-state index in [-0.39, 0.29) is 5.82 Å². The third-order valence-electron chi connectivity index (χ3n) is 3.60. The van der Waals surface area contributed by atoms with Crippen LogP contribution in [0.5, 0.6) is 0 Å². The second kappa shape index (κ2) is 8.93. The minimum absolute atomic E-state index is 0.141. The zero-order valence-electron chi connectivity index (χ0n) is 13.1. The van der Waals surface area contributed by atoms with Gasteiger partial charge in [0.05, 0.1) is 12.3 Å². The summed E-state index contributed by atoms with van der Waals surface area (Å²) >= 11 is 0. The van der Waals surface area contributed by atoms with E-state index in [0.29, 0.717) is 24.9 Å². The molecule has 1 atom stereocenters. The molecule has 1 aromatic rings. The van der Waals surface area contributed by atoms with Crippen LogP contribution in [0.4, 0.5) is 10.1 Å². The quantitative estimate of drug-likeness (QED) is 0.704. The lowest BCUT2D eigenvalue weighted by Gasteiger charge is -2.30. The minimum atomic E-state index is -0.141. The Bertz CT molecular complexity index is 398. The lowest BCUT2D eigenvalue weighted by atomic mass is 10.1. The average molecular weight is 282 g/mol. The highest BCUT2D eigenvalue weighted by Gasteiger charge is 2.15. The number of halogens is 1. The standard InChI is InChI=1S/C16H27FN2O/c1-5-13(3)19(6-2)16-8-7-14(11-15(16)17)12-18-9-10-20-4/h7-8,11,13,18H,5-6,9-10,12H2,1-4H3. The smallest absolute Gasteiger partial charge is 0.146 e. The van der Waals surface area contributed by atoms with Crippen molar-refractivity contribution in [2.24, 2.45) is 0 Å². The summed E-state index contributed by atoms with van der Waals surface area (Å²) in [6.07, 6.45) is 1.01. The predicted octanol–water partition coefficient (Wildman–Crippen LogP) is 3.19. The Morgan fingerprint density at radius 3 is 2.65 bits per heavy atom. The van der Waals surface area contributed by atoms with Crippen LogP contribution in [0.1, 0.15) is 32.8 Å². The molecule has 0 saturated carbocycles. The molecule has 0 heterocycles. The van der Waals surface area contributed by atoms with E-state index in [1.807, 2.05) is 12.1 Å². The van der Waals surface area contributed by atoms with Gasteiger partial charge in [-0.3, -0.25) is 0 Å². The van der Waals surface area contributed by atoms with E-state index in [2.05, 4.69) is 31.0 Å². The third kappa shape index (κ3) is 4.76. The highest BCUT2D eigenvalue weighted by molar-refractivity contribution is 5.50. The van der Waals surface area contributed by atoms with Gasteiger partial charge in [-0.1, -0.05) is 13.0 Å². The fourth-order valence-corrected chi connectivity index (χ4v) is 2.24. The molecule has 0 bridgehead atoms. The maximum atomic E-state index is 14.3. The topological polar surface area (TPSA) is 24.5 Å². The monoisotopic (exact) mass is 282 g/mol. The van der Waals surface area contributed by atoms with Crippen molar-refractivity contribution >= 4 is 5.69 Å². The summed E-state index contributed by atoms with van der Waals surface area (Å²) in [7, 11) is 1.67. The molecule has 1 aromatic carbocycles. The predicted molar refractivity (Wildman–Crippen MR) is 82.8 cm³/mol. The summed E-state index contributed by atoms with van der Waals surface area (Å²) < 4.78 is 19.2. The number of hydrogen-bond acceptors (Lipinski definition) is 3. The SMILES string of the molecule is CCC(C)N(CC)c1ccc(CNCCOC)cc1F. The van der Waals surface area contributed by atoms with Crippen LogP contribution in [0, 0.1) is 5.82 Å². The summed E-state index contributed by atoms with van der Waals surface area (Å²) in [5.41, 5.74) is 1.66. The van der Waals surface area contributed by atoms with Gasteiger partial charge in [-0.15, -0.1) is 0 Å². The molecule has 0 amide bonds. The molecule has 114 valence electrons. The maximum Gasteiger partial charge on any atom is 0.146 e. The Morgan fingerprint density at radius 1 is 1.35 bits per heavy atom. The first-order chi connectivity index (χ1) is 9.63. The molecule has 4 heteroatoms. The van der Waals surface area contributed by atoms with Crippen molar-refractivity contribution in [2.45, 2.75) is 39.8 Å². The van der Waals surface area contributed by atoms with E-state index in [1.54, 1.807) is 13.2 Å². The van der Waals surface area contributed by atoms with Gasteiger partial charge >= 0.3 is 0 Å². The number of benzene rings is 1. The van der Waals surface area contributed by atoms with Gasteiger partial charge in [0.1, 0.15) is 5.82 Å². The van der Waals surface area contributed by atoms with Gasteiger partial charge in [-0.2, -0.15) is 0 Å². The van der Waals surface area contributed by atoms with E-state index in [4.69, 9.17) is 4.74 Å². The third-order valence-corrected chi connectivity index (χ3v) is 3.60. The van der Waals surface area contributed by atoms with Crippen molar-refractivity contribution in [1.29, 1.82) is 0 Å². The second-order valence-corrected chi connectivity index (χ2v) is 5.00. The Hall–Kier alpha value is -1.13. The zero-order valence-corrected chi connectivity index (χ0v) is 13.1. The number of rotatable bonds is 9. The lowest BCUT2D eigenvalue weighted by molar-refractivity contribution is 0.199. The summed E-state index contributed by atoms with van der Waals surface area (Å²) in [5.74, 6) is -0.141. The number of nitrogens with one attached hydrogen (secondary N) is 1. The van der Waals surface area contributed by atoms with E-state index in [9.17, 15) is 4.39 Å². The summed E-state index contributed by atoms with van der Waals surface area (Å²) in [6, 6.07) is 5.85. The molecule has 3 nitrogen and oxygen atoms in total. The number of anilines is 1. The van der Waals surface area contributed by atoms with Crippen molar-refractivity contribution < 1.29 is 9.13 Å². The molecule has 1 N–H and O–H groups in total. The second-order valence-electron chi connectivity index (χ2n) is 5.00. The molecule has 0 fully saturated rings. The van der Waals surface area contributed by atoms with Crippen molar-refractivity contribution in [3.05, 3.63) is 29.6 Å². The van der Waals surface area contributed by atoms with Gasteiger partial charge in [-0.05, 0) is 38.0 Å². The molecule has 0 saturated heterocycles. The van der Waals surface area contributed by atoms with Crippen molar-refractivity contribution in [3.63, 3.8) is 0 Å². The fourth-order valence-electron chi connectivity index (χ4n) is 2.24. The van der Waals surface area contributed by atoms with Crippen LogP contribution in [-0.2, 0) is 11.3 Å². The van der Waals surface area contributed by atoms with Gasteiger partial charge in [-0.25, -0.2) is 4.39 Å². The van der Waals surface area contributed by atoms with Crippen molar-refractivity contribution in [2.75, 3.05) is 31.7 Å². The van der Waals surface area contributed by atoms with Crippen LogP contribution in [0.2, 0.25) is 0 Å². The molecular weight excluding hydrogens is 255 g/mol. The first kappa shape index (κ1) is 16.9. The van der Waals surface area contributed by atoms with Crippen molar-refractivity contribution in [1.82, 2.24) is 5.32 Å². The average Bonchev–Trinajstić information content (AvgIpc) is 2.46. The summed E-state index contributed by atoms with van der Waals surface area (Å²) in [4.78, 5) is 2.11. The van der Waals surface area contributed by atoms with Crippen LogP contribution >= 0.6 is 0 Å². The largest absolute Gasteiger partial charge is 0.383 e. The first-order valence-corrected chi connectivity index (χ1v) is 7.38. The molecule has 0 aromatic heterocycles. The molecule has 0 spiro atoms. The van der Waals surface area contributed by atoms with Crippen LogP contribution in [0.15, 0.2) is 18.2 Å². The first-order valence-electron chi connectivity index (χ1n) is 7.38. The van der Waals surface area contributed by atoms with Gasteiger partial charge in [0, 0.05) is 32.8 Å². The highest BCUT2D eigenvalue weighted by atomic mass is 19.1. The van der Waals surface area contributed by atoms with E-state index < -0.39 is 0 Å². The maximum absolute atomic E-state index is 14.3. The van der Waals surface area contributed by atoms with E-state index in [1.165, 1.54) is 0 Å². The molecule has 0 aliphatic heterocycles. The van der Waals surface area contributed by atoms with Gasteiger partial charge < -0.3 is 15.0 Å². The van der Waals surface area contributed by atoms with E-state index in [0.717, 1.165) is 25.1 Å².